The Morgan fingerprint density at radius 2 is 2.15 bits per heavy atom. The number of nitrogens with zero attached hydrogens (tertiary/aromatic N) is 3. The van der Waals surface area contributed by atoms with E-state index in [2.05, 4.69) is 58.4 Å². The van der Waals surface area contributed by atoms with E-state index >= 15 is 0 Å². The molecule has 1 saturated heterocycles. The van der Waals surface area contributed by atoms with Gasteiger partial charge in [0.2, 0.25) is 0 Å². The number of aromatic nitrogens is 1. The van der Waals surface area contributed by atoms with E-state index in [1.54, 1.807) is 0 Å². The Kier molecular flexibility index (Phi) is 9.94. The highest BCUT2D eigenvalue weighted by molar-refractivity contribution is 5.79. The first-order valence-corrected chi connectivity index (χ1v) is 10.2. The van der Waals surface area contributed by atoms with Gasteiger partial charge in [0.05, 0.1) is 19.3 Å². The third-order valence-electron chi connectivity index (χ3n) is 4.52. The number of nitrogens with one attached hydrogen (secondary N) is 2. The standard InChI is InChI=1S/C20H35N5O2/c1-4-21-20(22-11-7-12-27-18-10-13-26-16-18)24-15-17-8-9-19(23-14-17)25(5-2)6-3/h8-9,14,18H,4-7,10-13,15-16H2,1-3H3,(H2,21,22,24). The maximum atomic E-state index is 5.79. The lowest BCUT2D eigenvalue weighted by Crippen LogP contribution is -2.38. The van der Waals surface area contributed by atoms with Gasteiger partial charge in [-0.25, -0.2) is 9.98 Å². The number of aliphatic imine (C=N–C) groups is 1. The lowest BCUT2D eigenvalue weighted by atomic mass is 10.3. The molecule has 1 aromatic heterocycles. The first-order valence-electron chi connectivity index (χ1n) is 10.2. The highest BCUT2D eigenvalue weighted by Crippen LogP contribution is 2.11. The quantitative estimate of drug-likeness (QED) is 0.350. The summed E-state index contributed by atoms with van der Waals surface area (Å²) in [6.45, 7) is 12.9. The summed E-state index contributed by atoms with van der Waals surface area (Å²) in [5.74, 6) is 1.85. The van der Waals surface area contributed by atoms with Crippen LogP contribution < -0.4 is 15.5 Å². The zero-order valence-electron chi connectivity index (χ0n) is 17.0. The molecule has 1 unspecified atom stereocenters. The smallest absolute Gasteiger partial charge is 0.191 e. The van der Waals surface area contributed by atoms with Gasteiger partial charge >= 0.3 is 0 Å². The van der Waals surface area contributed by atoms with Crippen LogP contribution in [0.3, 0.4) is 0 Å². The molecule has 0 aromatic carbocycles. The van der Waals surface area contributed by atoms with Crippen LogP contribution in [0.15, 0.2) is 23.3 Å². The van der Waals surface area contributed by atoms with Gasteiger partial charge in [0.25, 0.3) is 0 Å². The van der Waals surface area contributed by atoms with Crippen LogP contribution in [0.4, 0.5) is 5.82 Å². The minimum absolute atomic E-state index is 0.277. The topological polar surface area (TPSA) is 71.0 Å². The molecule has 0 aliphatic carbocycles. The molecule has 7 nitrogen and oxygen atoms in total. The van der Waals surface area contributed by atoms with Crippen molar-refractivity contribution in [1.29, 1.82) is 0 Å². The lowest BCUT2D eigenvalue weighted by Gasteiger charge is -2.19. The summed E-state index contributed by atoms with van der Waals surface area (Å²) in [5, 5.41) is 6.65. The van der Waals surface area contributed by atoms with Gasteiger partial charge in [0.1, 0.15) is 5.82 Å². The molecule has 0 saturated carbocycles. The molecule has 1 atom stereocenters. The second-order valence-electron chi connectivity index (χ2n) is 6.53. The summed E-state index contributed by atoms with van der Waals surface area (Å²) in [7, 11) is 0. The summed E-state index contributed by atoms with van der Waals surface area (Å²) in [4.78, 5) is 11.4. The Hall–Kier alpha value is -1.86. The molecule has 2 rings (SSSR count). The second-order valence-corrected chi connectivity index (χ2v) is 6.53. The van der Waals surface area contributed by atoms with Gasteiger partial charge in [-0.1, -0.05) is 6.07 Å². The first kappa shape index (κ1) is 21.4. The summed E-state index contributed by atoms with van der Waals surface area (Å²) in [5.41, 5.74) is 1.10. The van der Waals surface area contributed by atoms with Crippen molar-refractivity contribution in [3.8, 4) is 0 Å². The lowest BCUT2D eigenvalue weighted by molar-refractivity contribution is 0.0420. The molecule has 1 aliphatic rings. The second kappa shape index (κ2) is 12.5. The fraction of sp³-hybridized carbons (Fsp3) is 0.700. The van der Waals surface area contributed by atoms with Crippen LogP contribution in [0, 0.1) is 0 Å². The largest absolute Gasteiger partial charge is 0.379 e. The van der Waals surface area contributed by atoms with E-state index in [4.69, 9.17) is 9.47 Å². The number of hydrogen-bond donors (Lipinski definition) is 2. The Morgan fingerprint density at radius 1 is 1.30 bits per heavy atom. The maximum Gasteiger partial charge on any atom is 0.191 e. The fourth-order valence-corrected chi connectivity index (χ4v) is 2.93. The SMILES string of the molecule is CCNC(=NCc1ccc(N(CC)CC)nc1)NCCCOC1CCOC1. The number of pyridine rings is 1. The van der Waals surface area contributed by atoms with Crippen LogP contribution >= 0.6 is 0 Å². The number of hydrogen-bond acceptors (Lipinski definition) is 5. The van der Waals surface area contributed by atoms with Crippen molar-refractivity contribution in [3.63, 3.8) is 0 Å². The number of rotatable bonds is 11. The van der Waals surface area contributed by atoms with E-state index in [0.29, 0.717) is 6.54 Å². The molecule has 1 aromatic rings. The molecule has 7 heteroatoms. The van der Waals surface area contributed by atoms with E-state index in [1.807, 2.05) is 6.20 Å². The summed E-state index contributed by atoms with van der Waals surface area (Å²) >= 11 is 0. The number of ether oxygens (including phenoxy) is 2. The van der Waals surface area contributed by atoms with E-state index < -0.39 is 0 Å². The molecular formula is C20H35N5O2. The summed E-state index contributed by atoms with van der Waals surface area (Å²) in [6, 6.07) is 4.17. The van der Waals surface area contributed by atoms with Crippen molar-refractivity contribution < 1.29 is 9.47 Å². The van der Waals surface area contributed by atoms with Crippen molar-refractivity contribution in [3.05, 3.63) is 23.9 Å². The zero-order valence-corrected chi connectivity index (χ0v) is 17.0. The number of anilines is 1. The van der Waals surface area contributed by atoms with Crippen LogP contribution in [0.1, 0.15) is 39.2 Å². The molecule has 152 valence electrons. The molecule has 2 heterocycles. The van der Waals surface area contributed by atoms with Crippen LogP contribution in [0.25, 0.3) is 0 Å². The average molecular weight is 378 g/mol. The number of guanidine groups is 1. The molecule has 0 amide bonds. The highest BCUT2D eigenvalue weighted by Gasteiger charge is 2.15. The van der Waals surface area contributed by atoms with E-state index in [1.165, 1.54) is 0 Å². The Bertz CT molecular complexity index is 540. The van der Waals surface area contributed by atoms with Crippen LogP contribution in [-0.2, 0) is 16.0 Å². The summed E-state index contributed by atoms with van der Waals surface area (Å²) < 4.78 is 11.1. The molecular weight excluding hydrogens is 342 g/mol. The van der Waals surface area contributed by atoms with Crippen molar-refractivity contribution in [1.82, 2.24) is 15.6 Å². The van der Waals surface area contributed by atoms with Gasteiger partial charge in [-0.15, -0.1) is 0 Å². The van der Waals surface area contributed by atoms with E-state index in [-0.39, 0.29) is 6.10 Å². The molecule has 27 heavy (non-hydrogen) atoms. The highest BCUT2D eigenvalue weighted by atomic mass is 16.5. The van der Waals surface area contributed by atoms with Gasteiger partial charge in [-0.05, 0) is 45.2 Å². The third-order valence-corrected chi connectivity index (χ3v) is 4.52. The molecule has 0 bridgehead atoms. The molecule has 2 N–H and O–H groups in total. The normalized spacial score (nSPS) is 17.1. The van der Waals surface area contributed by atoms with Crippen molar-refractivity contribution in [2.45, 2.75) is 46.3 Å². The van der Waals surface area contributed by atoms with E-state index in [0.717, 1.165) is 76.2 Å². The van der Waals surface area contributed by atoms with Crippen LogP contribution in [0.5, 0.6) is 0 Å². The van der Waals surface area contributed by atoms with Crippen molar-refractivity contribution >= 4 is 11.8 Å². The minimum atomic E-state index is 0.277. The molecule has 0 spiro atoms. The van der Waals surface area contributed by atoms with Crippen LogP contribution in [0.2, 0.25) is 0 Å². The summed E-state index contributed by atoms with van der Waals surface area (Å²) in [6.07, 6.45) is 4.15. The van der Waals surface area contributed by atoms with Gasteiger partial charge < -0.3 is 25.0 Å². The average Bonchev–Trinajstić information content (AvgIpc) is 3.21. The Labute approximate surface area is 163 Å². The maximum absolute atomic E-state index is 5.79. The van der Waals surface area contributed by atoms with Gasteiger partial charge in [0, 0.05) is 45.6 Å². The molecule has 0 radical (unpaired) electrons. The first-order chi connectivity index (χ1) is 13.3. The van der Waals surface area contributed by atoms with Crippen LogP contribution in [-0.4, -0.2) is 63.0 Å². The van der Waals surface area contributed by atoms with Gasteiger partial charge in [0.15, 0.2) is 5.96 Å². The van der Waals surface area contributed by atoms with Crippen molar-refractivity contribution in [2.75, 3.05) is 50.9 Å². The van der Waals surface area contributed by atoms with Crippen molar-refractivity contribution in [2.24, 2.45) is 4.99 Å². The Balaban J connectivity index is 1.74. The fourth-order valence-electron chi connectivity index (χ4n) is 2.93. The predicted octanol–water partition coefficient (Wildman–Crippen LogP) is 2.18. The minimum Gasteiger partial charge on any atom is -0.379 e. The molecule has 1 fully saturated rings. The third kappa shape index (κ3) is 7.72. The Morgan fingerprint density at radius 3 is 2.78 bits per heavy atom. The predicted molar refractivity (Wildman–Crippen MR) is 110 cm³/mol. The van der Waals surface area contributed by atoms with Gasteiger partial charge in [-0.3, -0.25) is 0 Å². The zero-order chi connectivity index (χ0) is 19.3. The van der Waals surface area contributed by atoms with Gasteiger partial charge in [-0.2, -0.15) is 0 Å². The monoisotopic (exact) mass is 377 g/mol. The molecule has 1 aliphatic heterocycles. The van der Waals surface area contributed by atoms with E-state index in [9.17, 15) is 0 Å².